The number of imide groups is 1. The van der Waals surface area contributed by atoms with Crippen molar-refractivity contribution in [2.24, 2.45) is 5.92 Å². The van der Waals surface area contributed by atoms with E-state index in [0.29, 0.717) is 6.42 Å². The molecule has 0 radical (unpaired) electrons. The molecule has 2 aliphatic rings. The molecular formula is C27H31N5O3. The molecule has 0 bridgehead atoms. The highest BCUT2D eigenvalue weighted by Crippen LogP contribution is 2.35. The number of hydrogen-bond donors (Lipinski definition) is 3. The van der Waals surface area contributed by atoms with Crippen LogP contribution in [-0.2, 0) is 17.8 Å². The van der Waals surface area contributed by atoms with Crippen molar-refractivity contribution in [3.63, 3.8) is 0 Å². The minimum absolute atomic E-state index is 0.0966. The fraction of sp³-hybridized carbons (Fsp3) is 0.370. The van der Waals surface area contributed by atoms with Gasteiger partial charge in [-0.1, -0.05) is 30.3 Å². The van der Waals surface area contributed by atoms with Crippen LogP contribution in [0, 0.1) is 5.92 Å². The van der Waals surface area contributed by atoms with Gasteiger partial charge >= 0.3 is 6.03 Å². The molecule has 3 heterocycles. The molecule has 0 aliphatic carbocycles. The Bertz CT molecular complexity index is 1170. The molecule has 3 amide bonds. The lowest BCUT2D eigenvalue weighted by Crippen LogP contribution is -2.56. The number of rotatable bonds is 8. The Morgan fingerprint density at radius 1 is 1.06 bits per heavy atom. The normalized spacial score (nSPS) is 21.1. The third-order valence-electron chi connectivity index (χ3n) is 7.39. The smallest absolute Gasteiger partial charge is 0.322 e. The van der Waals surface area contributed by atoms with E-state index < -0.39 is 5.54 Å². The molecule has 8 nitrogen and oxygen atoms in total. The van der Waals surface area contributed by atoms with Gasteiger partial charge in [-0.15, -0.1) is 0 Å². The van der Waals surface area contributed by atoms with E-state index in [4.69, 9.17) is 4.74 Å². The molecule has 3 N–H and O–H groups in total. The minimum Gasteiger partial charge on any atom is -0.497 e. The van der Waals surface area contributed by atoms with E-state index in [1.165, 1.54) is 5.56 Å². The predicted molar refractivity (Wildman–Crippen MR) is 133 cm³/mol. The van der Waals surface area contributed by atoms with Crippen LogP contribution in [0.2, 0.25) is 0 Å². The maximum atomic E-state index is 13.0. The molecule has 0 unspecified atom stereocenters. The number of carbonyl (C=O) groups excluding carboxylic acids is 2. The molecule has 2 aromatic carbocycles. The number of nitrogens with zero attached hydrogens (tertiary/aromatic N) is 2. The van der Waals surface area contributed by atoms with Crippen molar-refractivity contribution in [3.05, 3.63) is 71.9 Å². The van der Waals surface area contributed by atoms with E-state index in [0.717, 1.165) is 61.5 Å². The van der Waals surface area contributed by atoms with Crippen LogP contribution in [0.3, 0.4) is 0 Å². The molecule has 35 heavy (non-hydrogen) atoms. The number of nitrogens with one attached hydrogen (secondary N) is 3. The van der Waals surface area contributed by atoms with Gasteiger partial charge < -0.3 is 10.1 Å². The van der Waals surface area contributed by atoms with Crippen LogP contribution >= 0.6 is 0 Å². The van der Waals surface area contributed by atoms with Crippen molar-refractivity contribution in [1.29, 1.82) is 0 Å². The fourth-order valence-corrected chi connectivity index (χ4v) is 5.42. The molecular weight excluding hydrogens is 442 g/mol. The van der Waals surface area contributed by atoms with Crippen LogP contribution in [0.4, 0.5) is 4.79 Å². The zero-order valence-electron chi connectivity index (χ0n) is 19.9. The van der Waals surface area contributed by atoms with Gasteiger partial charge in [0, 0.05) is 17.7 Å². The molecule has 2 aliphatic heterocycles. The van der Waals surface area contributed by atoms with Gasteiger partial charge in [0.1, 0.15) is 11.3 Å². The number of piperidine rings is 1. The third kappa shape index (κ3) is 4.79. The van der Waals surface area contributed by atoms with Gasteiger partial charge in [-0.3, -0.25) is 20.1 Å². The highest BCUT2D eigenvalue weighted by Gasteiger charge is 2.51. The standard InChI is InChI=1S/C27H31N5O3/c1-35-23-9-7-20(8-10-23)24-21(17-28-31-24)18-32-15-12-22(13-16-32)27(25(33)29-26(34)30-27)14-11-19-5-3-2-4-6-19/h2-10,17,22H,11-16,18H2,1H3,(H,28,31)(H2,29,30,33,34)/t27-/m0/s1. The maximum Gasteiger partial charge on any atom is 0.322 e. The SMILES string of the molecule is COc1ccc(-c2[nH]ncc2CN2CCC([C@]3(CCc4ccccc4)NC(=O)NC3=O)CC2)cc1. The molecule has 5 rings (SSSR count). The van der Waals surface area contributed by atoms with E-state index >= 15 is 0 Å². The molecule has 182 valence electrons. The molecule has 0 spiro atoms. The van der Waals surface area contributed by atoms with Gasteiger partial charge in [-0.2, -0.15) is 5.10 Å². The molecule has 2 fully saturated rings. The summed E-state index contributed by atoms with van der Waals surface area (Å²) < 4.78 is 5.27. The summed E-state index contributed by atoms with van der Waals surface area (Å²) in [6.07, 6.45) is 4.92. The Kier molecular flexibility index (Phi) is 6.55. The summed E-state index contributed by atoms with van der Waals surface area (Å²) in [5.41, 5.74) is 3.54. The van der Waals surface area contributed by atoms with Crippen molar-refractivity contribution < 1.29 is 14.3 Å². The minimum atomic E-state index is -0.844. The van der Waals surface area contributed by atoms with Crippen molar-refractivity contribution in [1.82, 2.24) is 25.7 Å². The van der Waals surface area contributed by atoms with E-state index in [2.05, 4.69) is 37.9 Å². The highest BCUT2D eigenvalue weighted by atomic mass is 16.5. The number of likely N-dealkylation sites (tertiary alicyclic amines) is 1. The fourth-order valence-electron chi connectivity index (χ4n) is 5.42. The number of amides is 3. The van der Waals surface area contributed by atoms with Crippen LogP contribution in [0.1, 0.15) is 30.4 Å². The monoisotopic (exact) mass is 473 g/mol. The first-order chi connectivity index (χ1) is 17.1. The highest BCUT2D eigenvalue weighted by molar-refractivity contribution is 6.07. The largest absolute Gasteiger partial charge is 0.497 e. The summed E-state index contributed by atoms with van der Waals surface area (Å²) >= 11 is 0. The topological polar surface area (TPSA) is 99.3 Å². The van der Waals surface area contributed by atoms with E-state index in [-0.39, 0.29) is 17.9 Å². The zero-order chi connectivity index (χ0) is 24.3. The molecule has 8 heteroatoms. The molecule has 1 atom stereocenters. The molecule has 2 saturated heterocycles. The van der Waals surface area contributed by atoms with Crippen LogP contribution in [0.15, 0.2) is 60.8 Å². The third-order valence-corrected chi connectivity index (χ3v) is 7.39. The average Bonchev–Trinajstić information content (AvgIpc) is 3.47. The van der Waals surface area contributed by atoms with Gasteiger partial charge in [0.2, 0.25) is 0 Å². The first kappa shape index (κ1) is 23.1. The van der Waals surface area contributed by atoms with Gasteiger partial charge in [0.25, 0.3) is 5.91 Å². The Hall–Kier alpha value is -3.65. The van der Waals surface area contributed by atoms with Gasteiger partial charge in [0.05, 0.1) is 19.0 Å². The number of urea groups is 1. The lowest BCUT2D eigenvalue weighted by Gasteiger charge is -2.40. The first-order valence-electron chi connectivity index (χ1n) is 12.1. The lowest BCUT2D eigenvalue weighted by molar-refractivity contribution is -0.127. The van der Waals surface area contributed by atoms with Crippen molar-refractivity contribution >= 4 is 11.9 Å². The summed E-state index contributed by atoms with van der Waals surface area (Å²) in [5, 5.41) is 12.9. The van der Waals surface area contributed by atoms with Gasteiger partial charge in [-0.25, -0.2) is 4.79 Å². The molecule has 1 aromatic heterocycles. The summed E-state index contributed by atoms with van der Waals surface area (Å²) in [6.45, 7) is 2.49. The predicted octanol–water partition coefficient (Wildman–Crippen LogP) is 3.51. The van der Waals surface area contributed by atoms with E-state index in [1.54, 1.807) is 7.11 Å². The Labute approximate surface area is 205 Å². The number of benzene rings is 2. The number of aromatic amines is 1. The summed E-state index contributed by atoms with van der Waals surface area (Å²) in [7, 11) is 1.66. The van der Waals surface area contributed by atoms with E-state index in [1.807, 2.05) is 48.7 Å². The van der Waals surface area contributed by atoms with Crippen molar-refractivity contribution in [3.8, 4) is 17.0 Å². The Morgan fingerprint density at radius 2 is 1.80 bits per heavy atom. The number of aryl methyl sites for hydroxylation is 1. The first-order valence-corrected chi connectivity index (χ1v) is 12.1. The van der Waals surface area contributed by atoms with Crippen molar-refractivity contribution in [2.75, 3.05) is 20.2 Å². The average molecular weight is 474 g/mol. The van der Waals surface area contributed by atoms with Gasteiger partial charge in [0.15, 0.2) is 0 Å². The number of H-pyrrole nitrogens is 1. The number of ether oxygens (including phenoxy) is 1. The zero-order valence-corrected chi connectivity index (χ0v) is 19.9. The molecule has 3 aromatic rings. The van der Waals surface area contributed by atoms with Crippen LogP contribution in [-0.4, -0.2) is 52.8 Å². The number of methoxy groups -OCH3 is 1. The van der Waals surface area contributed by atoms with Crippen LogP contribution < -0.4 is 15.4 Å². The lowest BCUT2D eigenvalue weighted by atomic mass is 9.74. The molecule has 0 saturated carbocycles. The Balaban J connectivity index is 1.25. The van der Waals surface area contributed by atoms with Crippen LogP contribution in [0.25, 0.3) is 11.3 Å². The summed E-state index contributed by atoms with van der Waals surface area (Å²) in [6, 6.07) is 17.7. The quantitative estimate of drug-likeness (QED) is 0.435. The second-order valence-electron chi connectivity index (χ2n) is 9.41. The van der Waals surface area contributed by atoms with E-state index in [9.17, 15) is 9.59 Å². The summed E-state index contributed by atoms with van der Waals surface area (Å²) in [4.78, 5) is 27.5. The number of aromatic nitrogens is 2. The summed E-state index contributed by atoms with van der Waals surface area (Å²) in [5.74, 6) is 0.731. The second kappa shape index (κ2) is 9.92. The Morgan fingerprint density at radius 3 is 2.46 bits per heavy atom. The maximum absolute atomic E-state index is 13.0. The van der Waals surface area contributed by atoms with Crippen LogP contribution in [0.5, 0.6) is 5.75 Å². The second-order valence-corrected chi connectivity index (χ2v) is 9.41. The number of hydrogen-bond acceptors (Lipinski definition) is 5. The number of carbonyl (C=O) groups is 2. The van der Waals surface area contributed by atoms with Crippen molar-refractivity contribution in [2.45, 2.75) is 37.8 Å². The van der Waals surface area contributed by atoms with Gasteiger partial charge in [-0.05, 0) is 74.5 Å².